The van der Waals surface area contributed by atoms with Crippen molar-refractivity contribution < 1.29 is 4.39 Å². The van der Waals surface area contributed by atoms with Crippen LogP contribution in [-0.4, -0.2) is 17.6 Å². The molecule has 0 bridgehead atoms. The molecule has 112 valence electrons. The lowest BCUT2D eigenvalue weighted by molar-refractivity contribution is 0.504. The van der Waals surface area contributed by atoms with Gasteiger partial charge in [0, 0.05) is 12.2 Å². The van der Waals surface area contributed by atoms with E-state index in [9.17, 15) is 4.39 Å². The number of hydrogen-bond donors (Lipinski definition) is 2. The van der Waals surface area contributed by atoms with E-state index in [1.54, 1.807) is 6.20 Å². The summed E-state index contributed by atoms with van der Waals surface area (Å²) in [6.07, 6.45) is 4.43. The zero-order valence-corrected chi connectivity index (χ0v) is 12.3. The monoisotopic (exact) mass is 287 g/mol. The highest BCUT2D eigenvalue weighted by Crippen LogP contribution is 2.13. The Kier molecular flexibility index (Phi) is 5.69. The van der Waals surface area contributed by atoms with Gasteiger partial charge < -0.3 is 11.1 Å². The minimum Gasteiger partial charge on any atom is -0.383 e. The van der Waals surface area contributed by atoms with E-state index in [2.05, 4.69) is 17.2 Å². The van der Waals surface area contributed by atoms with Crippen molar-refractivity contribution >= 4 is 5.82 Å². The van der Waals surface area contributed by atoms with Crippen molar-refractivity contribution in [1.29, 1.82) is 0 Å². The zero-order chi connectivity index (χ0) is 15.1. The Morgan fingerprint density at radius 2 is 1.95 bits per heavy atom. The molecule has 0 fully saturated rings. The number of anilines is 1. The molecule has 1 unspecified atom stereocenters. The second-order valence-corrected chi connectivity index (χ2v) is 5.23. The fourth-order valence-electron chi connectivity index (χ4n) is 2.36. The maximum atomic E-state index is 13.0. The number of hydrogen-bond acceptors (Lipinski definition) is 3. The van der Waals surface area contributed by atoms with Crippen LogP contribution in [0.25, 0.3) is 0 Å². The first-order chi connectivity index (χ1) is 10.2. The maximum absolute atomic E-state index is 13.0. The number of rotatable bonds is 7. The van der Waals surface area contributed by atoms with Gasteiger partial charge in [0.1, 0.15) is 11.6 Å². The Morgan fingerprint density at radius 3 is 2.62 bits per heavy atom. The van der Waals surface area contributed by atoms with Gasteiger partial charge in [-0.05, 0) is 55.1 Å². The number of aromatic nitrogens is 1. The van der Waals surface area contributed by atoms with Crippen molar-refractivity contribution in [2.24, 2.45) is 0 Å². The first-order valence-electron chi connectivity index (χ1n) is 7.36. The van der Waals surface area contributed by atoms with Gasteiger partial charge in [-0.1, -0.05) is 25.1 Å². The lowest BCUT2D eigenvalue weighted by Gasteiger charge is -2.19. The first kappa shape index (κ1) is 15.4. The molecule has 0 amide bonds. The molecule has 1 heterocycles. The van der Waals surface area contributed by atoms with Crippen molar-refractivity contribution in [1.82, 2.24) is 10.3 Å². The molecular weight excluding hydrogens is 265 g/mol. The minimum atomic E-state index is -0.201. The molecule has 2 aromatic rings. The molecule has 0 radical (unpaired) electrons. The van der Waals surface area contributed by atoms with E-state index in [0.29, 0.717) is 5.82 Å². The Balaban J connectivity index is 2.07. The van der Waals surface area contributed by atoms with E-state index in [0.717, 1.165) is 36.9 Å². The normalized spacial score (nSPS) is 12.3. The van der Waals surface area contributed by atoms with Gasteiger partial charge in [-0.15, -0.1) is 0 Å². The quantitative estimate of drug-likeness (QED) is 0.823. The summed E-state index contributed by atoms with van der Waals surface area (Å²) >= 11 is 0. The second-order valence-electron chi connectivity index (χ2n) is 5.23. The maximum Gasteiger partial charge on any atom is 0.126 e. The summed E-state index contributed by atoms with van der Waals surface area (Å²) < 4.78 is 13.0. The molecule has 3 nitrogen and oxygen atoms in total. The topological polar surface area (TPSA) is 50.9 Å². The summed E-state index contributed by atoms with van der Waals surface area (Å²) in [7, 11) is 0. The average Bonchev–Trinajstić information content (AvgIpc) is 2.49. The summed E-state index contributed by atoms with van der Waals surface area (Å²) in [6.45, 7) is 3.09. The van der Waals surface area contributed by atoms with Crippen molar-refractivity contribution in [3.8, 4) is 0 Å². The Bertz CT molecular complexity index is 554. The molecule has 0 aliphatic rings. The molecule has 0 aliphatic heterocycles. The van der Waals surface area contributed by atoms with Crippen LogP contribution >= 0.6 is 0 Å². The molecule has 3 N–H and O–H groups in total. The molecule has 1 aromatic carbocycles. The van der Waals surface area contributed by atoms with Gasteiger partial charge in [-0.25, -0.2) is 9.37 Å². The molecule has 0 saturated heterocycles. The van der Waals surface area contributed by atoms with Crippen LogP contribution in [0.15, 0.2) is 42.6 Å². The van der Waals surface area contributed by atoms with Crippen molar-refractivity contribution in [2.45, 2.75) is 32.2 Å². The largest absolute Gasteiger partial charge is 0.383 e. The molecule has 0 aliphatic carbocycles. The standard InChI is InChI=1S/C17H22FN3/c1-2-9-20-16(11-13-5-7-15(18)8-6-13)12-14-4-3-10-21-17(14)19/h3-8,10,16,20H,2,9,11-12H2,1H3,(H2,19,21). The van der Waals surface area contributed by atoms with Crippen molar-refractivity contribution in [3.63, 3.8) is 0 Å². The summed E-state index contributed by atoms with van der Waals surface area (Å²) in [6, 6.07) is 10.9. The van der Waals surface area contributed by atoms with Gasteiger partial charge >= 0.3 is 0 Å². The minimum absolute atomic E-state index is 0.201. The van der Waals surface area contributed by atoms with Crippen LogP contribution in [0.5, 0.6) is 0 Å². The van der Waals surface area contributed by atoms with Gasteiger partial charge in [0.15, 0.2) is 0 Å². The molecule has 1 atom stereocenters. The molecule has 21 heavy (non-hydrogen) atoms. The number of benzene rings is 1. The summed E-state index contributed by atoms with van der Waals surface area (Å²) in [5, 5.41) is 3.53. The third kappa shape index (κ3) is 4.83. The summed E-state index contributed by atoms with van der Waals surface area (Å²) in [5.41, 5.74) is 8.09. The van der Waals surface area contributed by atoms with E-state index in [1.165, 1.54) is 12.1 Å². The van der Waals surface area contributed by atoms with Gasteiger partial charge in [0.05, 0.1) is 0 Å². The number of pyridine rings is 1. The lowest BCUT2D eigenvalue weighted by Crippen LogP contribution is -2.34. The molecule has 4 heteroatoms. The van der Waals surface area contributed by atoms with Crippen LogP contribution in [0, 0.1) is 5.82 Å². The van der Waals surface area contributed by atoms with Gasteiger partial charge in [0.2, 0.25) is 0 Å². The van der Waals surface area contributed by atoms with E-state index < -0.39 is 0 Å². The van der Waals surface area contributed by atoms with Crippen LogP contribution in [0.4, 0.5) is 10.2 Å². The van der Waals surface area contributed by atoms with E-state index in [-0.39, 0.29) is 11.9 Å². The third-order valence-electron chi connectivity index (χ3n) is 3.47. The number of halogens is 1. The predicted octanol–water partition coefficient (Wildman–Crippen LogP) is 2.96. The van der Waals surface area contributed by atoms with Crippen LogP contribution in [0.3, 0.4) is 0 Å². The molecule has 1 aromatic heterocycles. The molecular formula is C17H22FN3. The summed E-state index contributed by atoms with van der Waals surface area (Å²) in [4.78, 5) is 4.13. The number of nitrogen functional groups attached to an aromatic ring is 1. The van der Waals surface area contributed by atoms with Gasteiger partial charge in [0.25, 0.3) is 0 Å². The van der Waals surface area contributed by atoms with E-state index in [4.69, 9.17) is 5.73 Å². The van der Waals surface area contributed by atoms with Gasteiger partial charge in [-0.3, -0.25) is 0 Å². The average molecular weight is 287 g/mol. The molecule has 0 saturated carbocycles. The van der Waals surface area contributed by atoms with Crippen molar-refractivity contribution in [3.05, 3.63) is 59.5 Å². The number of nitrogens with zero attached hydrogens (tertiary/aromatic N) is 1. The highest BCUT2D eigenvalue weighted by Gasteiger charge is 2.12. The first-order valence-corrected chi connectivity index (χ1v) is 7.36. The fraction of sp³-hybridized carbons (Fsp3) is 0.353. The van der Waals surface area contributed by atoms with Crippen LogP contribution < -0.4 is 11.1 Å². The smallest absolute Gasteiger partial charge is 0.126 e. The highest BCUT2D eigenvalue weighted by atomic mass is 19.1. The van der Waals surface area contributed by atoms with E-state index >= 15 is 0 Å². The molecule has 0 spiro atoms. The lowest BCUT2D eigenvalue weighted by atomic mass is 9.99. The Morgan fingerprint density at radius 1 is 1.19 bits per heavy atom. The van der Waals surface area contributed by atoms with Crippen LogP contribution in [0.2, 0.25) is 0 Å². The number of nitrogens with one attached hydrogen (secondary N) is 1. The third-order valence-corrected chi connectivity index (χ3v) is 3.47. The summed E-state index contributed by atoms with van der Waals surface area (Å²) in [5.74, 6) is 0.383. The SMILES string of the molecule is CCCNC(Cc1ccc(F)cc1)Cc1cccnc1N. The van der Waals surface area contributed by atoms with E-state index in [1.807, 2.05) is 24.3 Å². The Labute approximate surface area is 125 Å². The Hall–Kier alpha value is -1.94. The van der Waals surface area contributed by atoms with Crippen LogP contribution in [-0.2, 0) is 12.8 Å². The second kappa shape index (κ2) is 7.74. The molecule has 2 rings (SSSR count). The van der Waals surface area contributed by atoms with Gasteiger partial charge in [-0.2, -0.15) is 0 Å². The number of nitrogens with two attached hydrogens (primary N) is 1. The predicted molar refractivity (Wildman–Crippen MR) is 84.5 cm³/mol. The van der Waals surface area contributed by atoms with Crippen molar-refractivity contribution in [2.75, 3.05) is 12.3 Å². The fourth-order valence-corrected chi connectivity index (χ4v) is 2.36. The zero-order valence-electron chi connectivity index (χ0n) is 12.3. The highest BCUT2D eigenvalue weighted by molar-refractivity contribution is 5.39. The van der Waals surface area contributed by atoms with Crippen LogP contribution in [0.1, 0.15) is 24.5 Å².